The lowest BCUT2D eigenvalue weighted by molar-refractivity contribution is -0.145. The molecule has 0 saturated carbocycles. The van der Waals surface area contributed by atoms with Crippen molar-refractivity contribution >= 4 is 11.9 Å². The Bertz CT molecular complexity index is 531. The van der Waals surface area contributed by atoms with Crippen LogP contribution in [0.4, 0.5) is 0 Å². The molecule has 1 aromatic carbocycles. The van der Waals surface area contributed by atoms with Crippen LogP contribution < -0.4 is 10.5 Å². The maximum Gasteiger partial charge on any atom is 0.328 e. The van der Waals surface area contributed by atoms with Crippen molar-refractivity contribution in [3.05, 3.63) is 29.8 Å². The topological polar surface area (TPSA) is 91.1 Å². The number of nitrogens with two attached hydrogens (primary N) is 1. The van der Waals surface area contributed by atoms with E-state index in [4.69, 9.17) is 19.9 Å². The van der Waals surface area contributed by atoms with Gasteiger partial charge in [-0.3, -0.25) is 4.79 Å². The summed E-state index contributed by atoms with van der Waals surface area (Å²) in [6.45, 7) is 0.471. The van der Waals surface area contributed by atoms with Gasteiger partial charge < -0.3 is 24.8 Å². The molecule has 1 fully saturated rings. The first-order chi connectivity index (χ1) is 10.6. The lowest BCUT2D eigenvalue weighted by Crippen LogP contribution is -2.41. The molecule has 1 aliphatic heterocycles. The highest BCUT2D eigenvalue weighted by Crippen LogP contribution is 2.22. The zero-order valence-electron chi connectivity index (χ0n) is 12.7. The van der Waals surface area contributed by atoms with E-state index in [2.05, 4.69) is 0 Å². The molecule has 1 aromatic rings. The normalized spacial score (nSPS) is 20.8. The van der Waals surface area contributed by atoms with Crippen molar-refractivity contribution in [2.75, 3.05) is 27.6 Å². The Morgan fingerprint density at radius 3 is 2.55 bits per heavy atom. The quantitative estimate of drug-likeness (QED) is 0.625. The number of amides is 1. The zero-order valence-corrected chi connectivity index (χ0v) is 12.7. The molecule has 0 spiro atoms. The minimum Gasteiger partial charge on any atom is -0.468 e. The fourth-order valence-corrected chi connectivity index (χ4v) is 2.44. The molecule has 7 nitrogen and oxygen atoms in total. The molecule has 2 N–H and O–H groups in total. The van der Waals surface area contributed by atoms with Gasteiger partial charge in [-0.15, -0.1) is 0 Å². The summed E-state index contributed by atoms with van der Waals surface area (Å²) in [5.74, 6) is -0.0935. The standard InChI is InChI=1S/C15H20N2O5/c1-20-9-22-12-5-3-10(4-6-12)14(18)17-8-11(16)7-13(17)15(19)21-2/h3-6,11,13H,7-9,16H2,1-2H3/t11-,13-/m0/s1. The number of hydrogen-bond donors (Lipinski definition) is 1. The molecule has 0 bridgehead atoms. The van der Waals surface area contributed by atoms with E-state index in [0.717, 1.165) is 0 Å². The number of carbonyl (C=O) groups excluding carboxylic acids is 2. The number of benzene rings is 1. The van der Waals surface area contributed by atoms with Crippen LogP contribution in [0.1, 0.15) is 16.8 Å². The summed E-state index contributed by atoms with van der Waals surface area (Å²) in [4.78, 5) is 25.8. The van der Waals surface area contributed by atoms with Crippen LogP contribution >= 0.6 is 0 Å². The van der Waals surface area contributed by atoms with E-state index in [-0.39, 0.29) is 18.7 Å². The Morgan fingerprint density at radius 2 is 1.95 bits per heavy atom. The van der Waals surface area contributed by atoms with Crippen molar-refractivity contribution < 1.29 is 23.8 Å². The molecule has 120 valence electrons. The molecular weight excluding hydrogens is 288 g/mol. The van der Waals surface area contributed by atoms with Gasteiger partial charge in [0.25, 0.3) is 5.91 Å². The molecule has 1 saturated heterocycles. The fraction of sp³-hybridized carbons (Fsp3) is 0.467. The van der Waals surface area contributed by atoms with Crippen LogP contribution in [-0.2, 0) is 14.3 Å². The van der Waals surface area contributed by atoms with Gasteiger partial charge in [0.15, 0.2) is 6.79 Å². The Kier molecular flexibility index (Phi) is 5.35. The van der Waals surface area contributed by atoms with Gasteiger partial charge in [0.05, 0.1) is 7.11 Å². The monoisotopic (exact) mass is 308 g/mol. The lowest BCUT2D eigenvalue weighted by atomic mass is 10.1. The van der Waals surface area contributed by atoms with Gasteiger partial charge >= 0.3 is 5.97 Å². The highest BCUT2D eigenvalue weighted by atomic mass is 16.7. The van der Waals surface area contributed by atoms with Crippen molar-refractivity contribution in [2.24, 2.45) is 5.73 Å². The number of rotatable bonds is 5. The Morgan fingerprint density at radius 1 is 1.27 bits per heavy atom. The van der Waals surface area contributed by atoms with Crippen molar-refractivity contribution in [3.8, 4) is 5.75 Å². The molecular formula is C15H20N2O5. The molecule has 2 rings (SSSR count). The summed E-state index contributed by atoms with van der Waals surface area (Å²) < 4.78 is 14.8. The van der Waals surface area contributed by atoms with Crippen LogP contribution in [-0.4, -0.2) is 56.4 Å². The Labute approximate surface area is 128 Å². The van der Waals surface area contributed by atoms with Crippen LogP contribution in [0.3, 0.4) is 0 Å². The summed E-state index contributed by atoms with van der Waals surface area (Å²) in [6.07, 6.45) is 0.410. The largest absolute Gasteiger partial charge is 0.468 e. The van der Waals surface area contributed by atoms with Gasteiger partial charge in [0.1, 0.15) is 11.8 Å². The van der Waals surface area contributed by atoms with Gasteiger partial charge in [0.2, 0.25) is 0 Å². The average Bonchev–Trinajstić information content (AvgIpc) is 2.93. The second-order valence-corrected chi connectivity index (χ2v) is 5.07. The van der Waals surface area contributed by atoms with Crippen molar-refractivity contribution in [1.82, 2.24) is 4.90 Å². The summed E-state index contributed by atoms with van der Waals surface area (Å²) in [6, 6.07) is 5.79. The summed E-state index contributed by atoms with van der Waals surface area (Å²) >= 11 is 0. The molecule has 1 amide bonds. The van der Waals surface area contributed by atoms with E-state index in [1.54, 1.807) is 24.3 Å². The summed E-state index contributed by atoms with van der Waals surface area (Å²) in [7, 11) is 2.83. The molecule has 7 heteroatoms. The van der Waals surface area contributed by atoms with Gasteiger partial charge in [0, 0.05) is 25.3 Å². The van der Waals surface area contributed by atoms with E-state index >= 15 is 0 Å². The van der Waals surface area contributed by atoms with Gasteiger partial charge in [-0.25, -0.2) is 4.79 Å². The van der Waals surface area contributed by atoms with Gasteiger partial charge in [-0.1, -0.05) is 0 Å². The smallest absolute Gasteiger partial charge is 0.328 e. The van der Waals surface area contributed by atoms with E-state index in [1.807, 2.05) is 0 Å². The van der Waals surface area contributed by atoms with Gasteiger partial charge in [-0.2, -0.15) is 0 Å². The number of ether oxygens (including phenoxy) is 3. The minimum absolute atomic E-state index is 0.138. The average molecular weight is 308 g/mol. The van der Waals surface area contributed by atoms with Crippen molar-refractivity contribution in [3.63, 3.8) is 0 Å². The second-order valence-electron chi connectivity index (χ2n) is 5.07. The number of nitrogens with zero attached hydrogens (tertiary/aromatic N) is 1. The number of hydrogen-bond acceptors (Lipinski definition) is 6. The lowest BCUT2D eigenvalue weighted by Gasteiger charge is -2.22. The highest BCUT2D eigenvalue weighted by Gasteiger charge is 2.39. The first-order valence-electron chi connectivity index (χ1n) is 6.93. The fourth-order valence-electron chi connectivity index (χ4n) is 2.44. The number of esters is 1. The highest BCUT2D eigenvalue weighted by molar-refractivity contribution is 5.97. The van der Waals surface area contributed by atoms with E-state index < -0.39 is 12.0 Å². The zero-order chi connectivity index (χ0) is 16.1. The molecule has 22 heavy (non-hydrogen) atoms. The maximum atomic E-state index is 12.5. The maximum absolute atomic E-state index is 12.5. The summed E-state index contributed by atoms with van der Waals surface area (Å²) in [5.41, 5.74) is 6.33. The van der Waals surface area contributed by atoms with Crippen LogP contribution in [0.25, 0.3) is 0 Å². The van der Waals surface area contributed by atoms with Crippen molar-refractivity contribution in [1.29, 1.82) is 0 Å². The number of methoxy groups -OCH3 is 2. The first kappa shape index (κ1) is 16.3. The van der Waals surface area contributed by atoms with Crippen LogP contribution in [0.2, 0.25) is 0 Å². The molecule has 0 unspecified atom stereocenters. The van der Waals surface area contributed by atoms with E-state index in [0.29, 0.717) is 24.3 Å². The van der Waals surface area contributed by atoms with E-state index in [9.17, 15) is 9.59 Å². The third-order valence-corrected chi connectivity index (χ3v) is 3.51. The van der Waals surface area contributed by atoms with Crippen molar-refractivity contribution in [2.45, 2.75) is 18.5 Å². The molecule has 1 aliphatic rings. The number of likely N-dealkylation sites (tertiary alicyclic amines) is 1. The predicted molar refractivity (Wildman–Crippen MR) is 78.4 cm³/mol. The third kappa shape index (κ3) is 3.55. The van der Waals surface area contributed by atoms with Gasteiger partial charge in [-0.05, 0) is 30.7 Å². The molecule has 2 atom stereocenters. The first-order valence-corrected chi connectivity index (χ1v) is 6.93. The van der Waals surface area contributed by atoms with E-state index in [1.165, 1.54) is 19.1 Å². The molecule has 0 aliphatic carbocycles. The molecule has 1 heterocycles. The second kappa shape index (κ2) is 7.24. The Hall–Kier alpha value is -2.12. The Balaban J connectivity index is 2.11. The van der Waals surface area contributed by atoms with Crippen LogP contribution in [0.5, 0.6) is 5.75 Å². The SMILES string of the molecule is COCOc1ccc(C(=O)N2C[C@@H](N)C[C@H]2C(=O)OC)cc1. The third-order valence-electron chi connectivity index (χ3n) is 3.51. The van der Waals surface area contributed by atoms with Crippen LogP contribution in [0, 0.1) is 0 Å². The van der Waals surface area contributed by atoms with Crippen LogP contribution in [0.15, 0.2) is 24.3 Å². The minimum atomic E-state index is -0.628. The molecule has 0 aromatic heterocycles. The summed E-state index contributed by atoms with van der Waals surface area (Å²) in [5, 5.41) is 0. The number of carbonyl (C=O) groups is 2. The molecule has 0 radical (unpaired) electrons. The predicted octanol–water partition coefficient (Wildman–Crippen LogP) is 0.384.